The first-order valence-electron chi connectivity index (χ1n) is 5.95. The van der Waals surface area contributed by atoms with E-state index >= 15 is 0 Å². The van der Waals surface area contributed by atoms with Crippen molar-refractivity contribution in [2.24, 2.45) is 5.41 Å². The molecule has 0 heterocycles. The van der Waals surface area contributed by atoms with E-state index in [0.717, 1.165) is 0 Å². The topological polar surface area (TPSA) is 90.2 Å². The second-order valence-electron chi connectivity index (χ2n) is 5.27. The van der Waals surface area contributed by atoms with Crippen LogP contribution in [0.3, 0.4) is 0 Å². The van der Waals surface area contributed by atoms with Crippen LogP contribution in [0.4, 0.5) is 5.69 Å². The smallest absolute Gasteiger partial charge is 0.303 e. The third kappa shape index (κ3) is 4.90. The lowest BCUT2D eigenvalue weighted by molar-refractivity contribution is -0.139. The number of benzene rings is 1. The van der Waals surface area contributed by atoms with Gasteiger partial charge in [0.25, 0.3) is 0 Å². The monoisotopic (exact) mass is 294 g/mol. The Labute approximate surface area is 122 Å². The van der Waals surface area contributed by atoms with Crippen LogP contribution in [0.5, 0.6) is 0 Å². The Bertz CT molecular complexity index is 576. The molecule has 1 rings (SSSR count). The number of carbonyl (C=O) groups excluding carboxylic acids is 1. The number of aliphatic carboxylic acids is 1. The molecule has 0 aliphatic rings. The third-order valence-corrected chi connectivity index (χ3v) is 2.95. The number of carboxylic acid groups (broad SMARTS) is 1. The summed E-state index contributed by atoms with van der Waals surface area (Å²) < 4.78 is 0. The minimum atomic E-state index is -0.941. The molecule has 2 N–H and O–H groups in total. The molecule has 20 heavy (non-hydrogen) atoms. The van der Waals surface area contributed by atoms with E-state index in [1.807, 2.05) is 6.07 Å². The Morgan fingerprint density at radius 1 is 1.40 bits per heavy atom. The Hall–Kier alpha value is -2.06. The minimum Gasteiger partial charge on any atom is -0.481 e. The molecule has 0 spiro atoms. The molecular formula is C14H15ClN2O3. The van der Waals surface area contributed by atoms with Gasteiger partial charge in [-0.15, -0.1) is 0 Å². The van der Waals surface area contributed by atoms with Gasteiger partial charge in [-0.2, -0.15) is 5.26 Å². The number of nitrogens with zero attached hydrogens (tertiary/aromatic N) is 1. The predicted octanol–water partition coefficient (Wildman–Crippen LogP) is 3.04. The number of rotatable bonds is 5. The average Bonchev–Trinajstić information content (AvgIpc) is 2.25. The van der Waals surface area contributed by atoms with Crippen molar-refractivity contribution in [3.63, 3.8) is 0 Å². The van der Waals surface area contributed by atoms with Crippen LogP contribution in [0.1, 0.15) is 32.3 Å². The van der Waals surface area contributed by atoms with Gasteiger partial charge >= 0.3 is 5.97 Å². The number of hydrogen-bond donors (Lipinski definition) is 2. The van der Waals surface area contributed by atoms with E-state index in [1.165, 1.54) is 12.1 Å². The van der Waals surface area contributed by atoms with Gasteiger partial charge in [-0.05, 0) is 23.6 Å². The summed E-state index contributed by atoms with van der Waals surface area (Å²) in [6.45, 7) is 3.43. The minimum absolute atomic E-state index is 0.0803. The first-order valence-corrected chi connectivity index (χ1v) is 6.32. The Kier molecular flexibility index (Phi) is 5.12. The number of anilines is 1. The molecule has 1 amide bonds. The molecule has 0 fully saturated rings. The molecule has 0 aliphatic carbocycles. The summed E-state index contributed by atoms with van der Waals surface area (Å²) >= 11 is 5.86. The fraction of sp³-hybridized carbons (Fsp3) is 0.357. The highest BCUT2D eigenvalue weighted by Gasteiger charge is 2.25. The van der Waals surface area contributed by atoms with Crippen LogP contribution < -0.4 is 5.32 Å². The molecule has 0 saturated heterocycles. The van der Waals surface area contributed by atoms with Crippen molar-refractivity contribution in [2.75, 3.05) is 5.32 Å². The molecule has 0 atom stereocenters. The van der Waals surface area contributed by atoms with E-state index in [4.69, 9.17) is 22.0 Å². The first-order chi connectivity index (χ1) is 9.23. The Balaban J connectivity index is 2.70. The molecule has 0 unspecified atom stereocenters. The van der Waals surface area contributed by atoms with Crippen LogP contribution in [0.25, 0.3) is 0 Å². The van der Waals surface area contributed by atoms with Gasteiger partial charge in [0, 0.05) is 12.1 Å². The van der Waals surface area contributed by atoms with Crippen molar-refractivity contribution >= 4 is 29.2 Å². The Morgan fingerprint density at radius 3 is 2.55 bits per heavy atom. The summed E-state index contributed by atoms with van der Waals surface area (Å²) in [5, 5.41) is 20.4. The van der Waals surface area contributed by atoms with Crippen molar-refractivity contribution in [2.45, 2.75) is 26.7 Å². The van der Waals surface area contributed by atoms with E-state index in [2.05, 4.69) is 5.32 Å². The molecule has 0 saturated carbocycles. The molecule has 5 nitrogen and oxygen atoms in total. The highest BCUT2D eigenvalue weighted by atomic mass is 35.5. The zero-order chi connectivity index (χ0) is 15.3. The van der Waals surface area contributed by atoms with Crippen molar-refractivity contribution in [1.29, 1.82) is 5.26 Å². The van der Waals surface area contributed by atoms with Gasteiger partial charge < -0.3 is 10.4 Å². The van der Waals surface area contributed by atoms with Crippen LogP contribution in [-0.2, 0) is 9.59 Å². The van der Waals surface area contributed by atoms with Gasteiger partial charge in [-0.3, -0.25) is 9.59 Å². The fourth-order valence-corrected chi connectivity index (χ4v) is 2.02. The number of nitrogens with one attached hydrogen (secondary N) is 1. The summed E-state index contributed by atoms with van der Waals surface area (Å²) in [7, 11) is 0. The normalized spacial score (nSPS) is 10.7. The number of nitriles is 1. The van der Waals surface area contributed by atoms with E-state index in [0.29, 0.717) is 11.3 Å². The SMILES string of the molecule is CC(C)(CC(=O)O)CC(=O)Nc1ccc(C#N)c(Cl)c1. The van der Waals surface area contributed by atoms with Crippen LogP contribution in [0.2, 0.25) is 5.02 Å². The molecule has 0 bridgehead atoms. The zero-order valence-electron chi connectivity index (χ0n) is 11.2. The number of halogens is 1. The van der Waals surface area contributed by atoms with Gasteiger partial charge in [0.15, 0.2) is 0 Å². The fourth-order valence-electron chi connectivity index (χ4n) is 1.80. The summed E-state index contributed by atoms with van der Waals surface area (Å²) in [5.74, 6) is -1.23. The number of hydrogen-bond acceptors (Lipinski definition) is 3. The maximum Gasteiger partial charge on any atom is 0.303 e. The van der Waals surface area contributed by atoms with Crippen molar-refractivity contribution < 1.29 is 14.7 Å². The first kappa shape index (κ1) is 16.0. The van der Waals surface area contributed by atoms with E-state index < -0.39 is 11.4 Å². The summed E-state index contributed by atoms with van der Waals surface area (Å²) in [4.78, 5) is 22.6. The lowest BCUT2D eigenvalue weighted by atomic mass is 9.85. The second kappa shape index (κ2) is 6.40. The van der Waals surface area contributed by atoms with E-state index in [9.17, 15) is 9.59 Å². The molecule has 0 aliphatic heterocycles. The summed E-state index contributed by atoms with van der Waals surface area (Å²) in [6, 6.07) is 6.50. The van der Waals surface area contributed by atoms with Gasteiger partial charge in [-0.1, -0.05) is 25.4 Å². The van der Waals surface area contributed by atoms with E-state index in [1.54, 1.807) is 19.9 Å². The lowest BCUT2D eigenvalue weighted by Gasteiger charge is -2.21. The third-order valence-electron chi connectivity index (χ3n) is 2.64. The highest BCUT2D eigenvalue weighted by molar-refractivity contribution is 6.32. The second-order valence-corrected chi connectivity index (χ2v) is 5.67. The van der Waals surface area contributed by atoms with Gasteiger partial charge in [0.2, 0.25) is 5.91 Å². The number of amides is 1. The number of carbonyl (C=O) groups is 2. The lowest BCUT2D eigenvalue weighted by Crippen LogP contribution is -2.24. The molecule has 6 heteroatoms. The van der Waals surface area contributed by atoms with Gasteiger partial charge in [0.05, 0.1) is 17.0 Å². The standard InChI is InChI=1S/C14H15ClN2O3/c1-14(2,7-13(19)20)6-12(18)17-10-4-3-9(8-16)11(15)5-10/h3-5H,6-7H2,1-2H3,(H,17,18)(H,19,20). The molecule has 106 valence electrons. The van der Waals surface area contributed by atoms with E-state index in [-0.39, 0.29) is 23.8 Å². The predicted molar refractivity (Wildman–Crippen MR) is 75.4 cm³/mol. The summed E-state index contributed by atoms with van der Waals surface area (Å²) in [6.07, 6.45) is -0.00847. The van der Waals surface area contributed by atoms with Gasteiger partial charge in [-0.25, -0.2) is 0 Å². The number of carboxylic acids is 1. The molecule has 0 aromatic heterocycles. The van der Waals surface area contributed by atoms with Crippen LogP contribution >= 0.6 is 11.6 Å². The quantitative estimate of drug-likeness (QED) is 0.873. The van der Waals surface area contributed by atoms with Gasteiger partial charge in [0.1, 0.15) is 6.07 Å². The maximum atomic E-state index is 11.9. The van der Waals surface area contributed by atoms with Crippen LogP contribution in [0, 0.1) is 16.7 Å². The van der Waals surface area contributed by atoms with Crippen molar-refractivity contribution in [1.82, 2.24) is 0 Å². The highest BCUT2D eigenvalue weighted by Crippen LogP contribution is 2.26. The van der Waals surface area contributed by atoms with Crippen molar-refractivity contribution in [3.05, 3.63) is 28.8 Å². The zero-order valence-corrected chi connectivity index (χ0v) is 12.0. The molecule has 1 aromatic rings. The molecule has 0 radical (unpaired) electrons. The largest absolute Gasteiger partial charge is 0.481 e. The van der Waals surface area contributed by atoms with Crippen LogP contribution in [-0.4, -0.2) is 17.0 Å². The molecular weight excluding hydrogens is 280 g/mol. The molecule has 1 aromatic carbocycles. The maximum absolute atomic E-state index is 11.9. The summed E-state index contributed by atoms with van der Waals surface area (Å²) in [5.41, 5.74) is 0.174. The Morgan fingerprint density at radius 2 is 2.05 bits per heavy atom. The van der Waals surface area contributed by atoms with Crippen LogP contribution in [0.15, 0.2) is 18.2 Å². The average molecular weight is 295 g/mol. The van der Waals surface area contributed by atoms with Crippen molar-refractivity contribution in [3.8, 4) is 6.07 Å².